The van der Waals surface area contributed by atoms with Crippen molar-refractivity contribution in [3.63, 3.8) is 0 Å². The second-order valence-electron chi connectivity index (χ2n) is 6.48. The lowest BCUT2D eigenvalue weighted by Crippen LogP contribution is -2.13. The van der Waals surface area contributed by atoms with Gasteiger partial charge in [0, 0.05) is 24.0 Å². The topological polar surface area (TPSA) is 114 Å². The van der Waals surface area contributed by atoms with Crippen molar-refractivity contribution in [3.05, 3.63) is 86.8 Å². The summed E-state index contributed by atoms with van der Waals surface area (Å²) in [7, 11) is 0. The van der Waals surface area contributed by atoms with Crippen molar-refractivity contribution in [2.45, 2.75) is 6.18 Å². The Kier molecular flexibility index (Phi) is 4.85. The second kappa shape index (κ2) is 7.52. The summed E-state index contributed by atoms with van der Waals surface area (Å²) in [6.45, 7) is 0. The van der Waals surface area contributed by atoms with Gasteiger partial charge in [0.2, 0.25) is 5.95 Å². The number of hydrogen-bond acceptors (Lipinski definition) is 6. The molecule has 0 spiro atoms. The lowest BCUT2D eigenvalue weighted by Gasteiger charge is -2.11. The Bertz CT molecular complexity index is 1350. The molecule has 4 rings (SSSR count). The van der Waals surface area contributed by atoms with Gasteiger partial charge in [-0.2, -0.15) is 18.2 Å². The third kappa shape index (κ3) is 4.06. The first kappa shape index (κ1) is 20.0. The first-order valence-electron chi connectivity index (χ1n) is 8.80. The van der Waals surface area contributed by atoms with Crippen LogP contribution >= 0.6 is 0 Å². The van der Waals surface area contributed by atoms with E-state index in [4.69, 9.17) is 0 Å². The predicted molar refractivity (Wildman–Crippen MR) is 107 cm³/mol. The summed E-state index contributed by atoms with van der Waals surface area (Å²) in [5.41, 5.74) is -0.358. The van der Waals surface area contributed by atoms with E-state index in [1.165, 1.54) is 42.6 Å². The highest BCUT2D eigenvalue weighted by molar-refractivity contribution is 5.92. The highest BCUT2D eigenvalue weighted by atomic mass is 19.4. The zero-order chi connectivity index (χ0) is 22.2. The number of aromatic amines is 1. The van der Waals surface area contributed by atoms with E-state index in [0.29, 0.717) is 11.1 Å². The lowest BCUT2D eigenvalue weighted by molar-refractivity contribution is -0.384. The maximum absolute atomic E-state index is 12.9. The summed E-state index contributed by atoms with van der Waals surface area (Å²) in [6, 6.07) is 11.7. The lowest BCUT2D eigenvalue weighted by atomic mass is 10.0. The Morgan fingerprint density at radius 1 is 1.06 bits per heavy atom. The summed E-state index contributed by atoms with van der Waals surface area (Å²) < 4.78 is 38.7. The van der Waals surface area contributed by atoms with Gasteiger partial charge in [0.05, 0.1) is 15.9 Å². The van der Waals surface area contributed by atoms with E-state index in [1.54, 1.807) is 6.07 Å². The summed E-state index contributed by atoms with van der Waals surface area (Å²) >= 11 is 0. The molecule has 0 aliphatic rings. The fourth-order valence-corrected chi connectivity index (χ4v) is 3.04. The molecule has 2 aromatic heterocycles. The van der Waals surface area contributed by atoms with Gasteiger partial charge in [0.15, 0.2) is 5.65 Å². The van der Waals surface area contributed by atoms with Gasteiger partial charge in [-0.25, -0.2) is 4.98 Å². The number of nitrogens with zero attached hydrogens (tertiary/aromatic N) is 3. The zero-order valence-corrected chi connectivity index (χ0v) is 15.5. The van der Waals surface area contributed by atoms with E-state index in [9.17, 15) is 28.1 Å². The third-order valence-electron chi connectivity index (χ3n) is 4.45. The highest BCUT2D eigenvalue weighted by Gasteiger charge is 2.30. The standard InChI is InChI=1S/C20H12F3N5O3/c21-20(22,23)12-2-1-3-13(10-12)25-19-26-17-16(18(29)27-19)15(8-9-24-17)11-4-6-14(7-5-11)28(30)31/h1-10H,(H2,24,25,26,27,29). The number of halogens is 3. The van der Waals surface area contributed by atoms with Crippen molar-refractivity contribution in [1.29, 1.82) is 0 Å². The number of fused-ring (bicyclic) bond motifs is 1. The first-order chi connectivity index (χ1) is 14.7. The van der Waals surface area contributed by atoms with Gasteiger partial charge >= 0.3 is 6.18 Å². The van der Waals surface area contributed by atoms with Gasteiger partial charge in [-0.3, -0.25) is 19.9 Å². The Balaban J connectivity index is 1.74. The predicted octanol–water partition coefficient (Wildman–Crippen LogP) is 4.66. The molecule has 8 nitrogen and oxygen atoms in total. The van der Waals surface area contributed by atoms with E-state index >= 15 is 0 Å². The molecule has 0 aliphatic heterocycles. The Morgan fingerprint density at radius 2 is 1.81 bits per heavy atom. The van der Waals surface area contributed by atoms with Crippen molar-refractivity contribution in [1.82, 2.24) is 15.0 Å². The van der Waals surface area contributed by atoms with Crippen LogP contribution in [0.5, 0.6) is 0 Å². The van der Waals surface area contributed by atoms with Crippen LogP contribution in [-0.2, 0) is 6.18 Å². The number of pyridine rings is 1. The molecule has 0 bridgehead atoms. The number of nitro groups is 1. The van der Waals surface area contributed by atoms with Gasteiger partial charge in [-0.05, 0) is 47.5 Å². The van der Waals surface area contributed by atoms with E-state index in [2.05, 4.69) is 20.3 Å². The Morgan fingerprint density at radius 3 is 2.48 bits per heavy atom. The van der Waals surface area contributed by atoms with Crippen LogP contribution in [0.4, 0.5) is 30.5 Å². The normalized spacial score (nSPS) is 11.5. The Hall–Kier alpha value is -4.28. The summed E-state index contributed by atoms with van der Waals surface area (Å²) in [5, 5.41) is 13.6. The van der Waals surface area contributed by atoms with Gasteiger partial charge in [0.25, 0.3) is 11.2 Å². The molecule has 0 aliphatic carbocycles. The molecule has 2 heterocycles. The van der Waals surface area contributed by atoms with E-state index in [1.807, 2.05) is 0 Å². The van der Waals surface area contributed by atoms with Crippen LogP contribution in [0.15, 0.2) is 65.6 Å². The molecular weight excluding hydrogens is 415 g/mol. The summed E-state index contributed by atoms with van der Waals surface area (Å²) in [5.74, 6) is -0.0785. The summed E-state index contributed by atoms with van der Waals surface area (Å²) in [4.78, 5) is 33.8. The number of hydrogen-bond donors (Lipinski definition) is 2. The SMILES string of the molecule is O=c1[nH]c(Nc2cccc(C(F)(F)F)c2)nc2nccc(-c3ccc([N+](=O)[O-])cc3)c12. The molecule has 156 valence electrons. The van der Waals surface area contributed by atoms with E-state index < -0.39 is 22.2 Å². The number of H-pyrrole nitrogens is 1. The minimum Gasteiger partial charge on any atom is -0.326 e. The fraction of sp³-hybridized carbons (Fsp3) is 0.0500. The maximum atomic E-state index is 12.9. The minimum atomic E-state index is -4.51. The zero-order valence-electron chi connectivity index (χ0n) is 15.5. The average Bonchev–Trinajstić information content (AvgIpc) is 2.73. The third-order valence-corrected chi connectivity index (χ3v) is 4.45. The first-order valence-corrected chi connectivity index (χ1v) is 8.80. The van der Waals surface area contributed by atoms with Crippen molar-refractivity contribution in [2.24, 2.45) is 0 Å². The maximum Gasteiger partial charge on any atom is 0.416 e. The molecule has 0 saturated heterocycles. The average molecular weight is 427 g/mol. The van der Waals surface area contributed by atoms with Gasteiger partial charge < -0.3 is 5.32 Å². The molecule has 11 heteroatoms. The molecule has 31 heavy (non-hydrogen) atoms. The molecular formula is C20H12F3N5O3. The highest BCUT2D eigenvalue weighted by Crippen LogP contribution is 2.31. The monoisotopic (exact) mass is 427 g/mol. The van der Waals surface area contributed by atoms with Crippen LogP contribution in [-0.4, -0.2) is 19.9 Å². The number of anilines is 2. The molecule has 0 saturated carbocycles. The van der Waals surface area contributed by atoms with Crippen LogP contribution in [0.2, 0.25) is 0 Å². The molecule has 0 radical (unpaired) electrons. The molecule has 2 aromatic carbocycles. The number of nitro benzene ring substituents is 1. The fourth-order valence-electron chi connectivity index (χ4n) is 3.04. The van der Waals surface area contributed by atoms with Crippen molar-refractivity contribution in [2.75, 3.05) is 5.32 Å². The van der Waals surface area contributed by atoms with E-state index in [0.717, 1.165) is 12.1 Å². The molecule has 2 N–H and O–H groups in total. The molecule has 0 fully saturated rings. The molecule has 0 amide bonds. The van der Waals surface area contributed by atoms with Crippen molar-refractivity contribution >= 4 is 28.4 Å². The second-order valence-corrected chi connectivity index (χ2v) is 6.48. The van der Waals surface area contributed by atoms with E-state index in [-0.39, 0.29) is 28.4 Å². The van der Waals surface area contributed by atoms with Crippen LogP contribution in [0, 0.1) is 10.1 Å². The van der Waals surface area contributed by atoms with Gasteiger partial charge in [-0.1, -0.05) is 6.07 Å². The van der Waals surface area contributed by atoms with Crippen molar-refractivity contribution in [3.8, 4) is 11.1 Å². The molecule has 0 atom stereocenters. The molecule has 4 aromatic rings. The quantitative estimate of drug-likeness (QED) is 0.362. The number of aromatic nitrogens is 3. The largest absolute Gasteiger partial charge is 0.416 e. The molecule has 0 unspecified atom stereocenters. The summed E-state index contributed by atoms with van der Waals surface area (Å²) in [6.07, 6.45) is -3.09. The van der Waals surface area contributed by atoms with Crippen LogP contribution in [0.3, 0.4) is 0 Å². The number of alkyl halides is 3. The number of rotatable bonds is 4. The van der Waals surface area contributed by atoms with Crippen LogP contribution < -0.4 is 10.9 Å². The van der Waals surface area contributed by atoms with Crippen LogP contribution in [0.1, 0.15) is 5.56 Å². The number of non-ortho nitro benzene ring substituents is 1. The smallest absolute Gasteiger partial charge is 0.326 e. The Labute approximate surface area is 171 Å². The van der Waals surface area contributed by atoms with Gasteiger partial charge in [0.1, 0.15) is 0 Å². The van der Waals surface area contributed by atoms with Crippen LogP contribution in [0.25, 0.3) is 22.2 Å². The van der Waals surface area contributed by atoms with Gasteiger partial charge in [-0.15, -0.1) is 0 Å². The minimum absolute atomic E-state index is 0.0640. The van der Waals surface area contributed by atoms with Crippen molar-refractivity contribution < 1.29 is 18.1 Å². The number of benzene rings is 2. The number of nitrogens with one attached hydrogen (secondary N) is 2.